The SMILES string of the molecule is CCOC(=O)[C@@H]1[C@H](C(=O)O)[C@H]2C=C[C@@H]1C2. The summed E-state index contributed by atoms with van der Waals surface area (Å²) in [5.41, 5.74) is 0. The summed E-state index contributed by atoms with van der Waals surface area (Å²) in [6.45, 7) is 2.04. The summed E-state index contributed by atoms with van der Waals surface area (Å²) in [4.78, 5) is 22.7. The highest BCUT2D eigenvalue weighted by molar-refractivity contribution is 5.83. The second kappa shape index (κ2) is 3.68. The van der Waals surface area contributed by atoms with Gasteiger partial charge in [0, 0.05) is 0 Å². The highest BCUT2D eigenvalue weighted by atomic mass is 16.5. The third-order valence-electron chi connectivity index (χ3n) is 3.30. The Kier molecular flexibility index (Phi) is 2.50. The zero-order valence-electron chi connectivity index (χ0n) is 8.55. The standard InChI is InChI=1S/C11H14O4/c1-2-15-11(14)9-7-4-3-6(5-7)8(9)10(12)13/h3-4,6-9H,2,5H2,1H3,(H,12,13)/t6-,7+,8+,9-/m0/s1. The van der Waals surface area contributed by atoms with Gasteiger partial charge in [0.15, 0.2) is 0 Å². The minimum atomic E-state index is -0.884. The number of aliphatic carboxylic acids is 1. The lowest BCUT2D eigenvalue weighted by Gasteiger charge is -2.22. The Bertz CT molecular complexity index is 321. The maximum Gasteiger partial charge on any atom is 0.310 e. The molecule has 1 N–H and O–H groups in total. The average Bonchev–Trinajstić information content (AvgIpc) is 2.76. The Morgan fingerprint density at radius 2 is 1.93 bits per heavy atom. The fraction of sp³-hybridized carbons (Fsp3) is 0.636. The largest absolute Gasteiger partial charge is 0.481 e. The van der Waals surface area contributed by atoms with Crippen LogP contribution in [0.2, 0.25) is 0 Å². The van der Waals surface area contributed by atoms with Crippen LogP contribution in [-0.4, -0.2) is 23.7 Å². The van der Waals surface area contributed by atoms with Crippen LogP contribution in [0.1, 0.15) is 13.3 Å². The van der Waals surface area contributed by atoms with E-state index < -0.39 is 17.8 Å². The minimum Gasteiger partial charge on any atom is -0.481 e. The zero-order chi connectivity index (χ0) is 11.0. The number of fused-ring (bicyclic) bond motifs is 2. The van der Waals surface area contributed by atoms with E-state index in [4.69, 9.17) is 9.84 Å². The third-order valence-corrected chi connectivity index (χ3v) is 3.30. The molecule has 2 bridgehead atoms. The number of allylic oxidation sites excluding steroid dienone is 2. The lowest BCUT2D eigenvalue weighted by atomic mass is 9.83. The first kappa shape index (κ1) is 10.2. The summed E-state index contributed by atoms with van der Waals surface area (Å²) in [7, 11) is 0. The number of esters is 1. The number of carboxylic acids is 1. The second-order valence-corrected chi connectivity index (χ2v) is 4.09. The molecule has 0 amide bonds. The van der Waals surface area contributed by atoms with Gasteiger partial charge in [0.2, 0.25) is 0 Å². The zero-order valence-corrected chi connectivity index (χ0v) is 8.55. The summed E-state index contributed by atoms with van der Waals surface area (Å²) < 4.78 is 4.92. The van der Waals surface area contributed by atoms with Crippen molar-refractivity contribution >= 4 is 11.9 Å². The molecule has 4 atom stereocenters. The van der Waals surface area contributed by atoms with Gasteiger partial charge in [0.25, 0.3) is 0 Å². The van der Waals surface area contributed by atoms with E-state index in [9.17, 15) is 9.59 Å². The van der Waals surface area contributed by atoms with Crippen molar-refractivity contribution in [3.63, 3.8) is 0 Å². The summed E-state index contributed by atoms with van der Waals surface area (Å²) in [5.74, 6) is -2.22. The summed E-state index contributed by atoms with van der Waals surface area (Å²) in [5, 5.41) is 9.08. The van der Waals surface area contributed by atoms with Crippen molar-refractivity contribution in [2.75, 3.05) is 6.61 Å². The molecule has 4 nitrogen and oxygen atoms in total. The Morgan fingerprint density at radius 1 is 1.33 bits per heavy atom. The number of carboxylic acid groups (broad SMARTS) is 1. The predicted octanol–water partition coefficient (Wildman–Crippen LogP) is 1.07. The van der Waals surface area contributed by atoms with E-state index >= 15 is 0 Å². The molecule has 0 aromatic heterocycles. The van der Waals surface area contributed by atoms with E-state index in [0.29, 0.717) is 6.61 Å². The first-order valence-corrected chi connectivity index (χ1v) is 5.23. The van der Waals surface area contributed by atoms with Crippen molar-refractivity contribution in [1.29, 1.82) is 0 Å². The summed E-state index contributed by atoms with van der Waals surface area (Å²) >= 11 is 0. The van der Waals surface area contributed by atoms with Crippen LogP contribution in [0, 0.1) is 23.7 Å². The molecule has 82 valence electrons. The van der Waals surface area contributed by atoms with Gasteiger partial charge in [-0.15, -0.1) is 0 Å². The summed E-state index contributed by atoms with van der Waals surface area (Å²) in [6, 6.07) is 0. The highest BCUT2D eigenvalue weighted by Crippen LogP contribution is 2.48. The average molecular weight is 210 g/mol. The lowest BCUT2D eigenvalue weighted by molar-refractivity contribution is -0.158. The molecule has 2 aliphatic rings. The number of ether oxygens (including phenoxy) is 1. The van der Waals surface area contributed by atoms with Gasteiger partial charge in [0.05, 0.1) is 18.4 Å². The van der Waals surface area contributed by atoms with Crippen LogP contribution in [0.3, 0.4) is 0 Å². The predicted molar refractivity (Wildman–Crippen MR) is 52.0 cm³/mol. The molecular weight excluding hydrogens is 196 g/mol. The van der Waals surface area contributed by atoms with Crippen molar-refractivity contribution in [2.45, 2.75) is 13.3 Å². The van der Waals surface area contributed by atoms with E-state index in [0.717, 1.165) is 6.42 Å². The van der Waals surface area contributed by atoms with E-state index in [-0.39, 0.29) is 17.8 Å². The third kappa shape index (κ3) is 1.54. The van der Waals surface area contributed by atoms with Crippen LogP contribution in [0.4, 0.5) is 0 Å². The molecule has 0 aromatic carbocycles. The molecule has 0 aliphatic heterocycles. The van der Waals surface area contributed by atoms with E-state index in [1.807, 2.05) is 12.2 Å². The molecule has 0 saturated heterocycles. The molecule has 0 radical (unpaired) electrons. The molecule has 2 rings (SSSR count). The second-order valence-electron chi connectivity index (χ2n) is 4.09. The van der Waals surface area contributed by atoms with Gasteiger partial charge in [-0.25, -0.2) is 0 Å². The van der Waals surface area contributed by atoms with Crippen LogP contribution in [-0.2, 0) is 14.3 Å². The molecule has 4 heteroatoms. The fourth-order valence-corrected chi connectivity index (χ4v) is 2.72. The van der Waals surface area contributed by atoms with Crippen LogP contribution in [0.5, 0.6) is 0 Å². The number of rotatable bonds is 3. The van der Waals surface area contributed by atoms with Crippen LogP contribution >= 0.6 is 0 Å². The Labute approximate surface area is 87.9 Å². The molecule has 1 saturated carbocycles. The van der Waals surface area contributed by atoms with Gasteiger partial charge >= 0.3 is 11.9 Å². The first-order chi connectivity index (χ1) is 7.15. The summed E-state index contributed by atoms with van der Waals surface area (Å²) in [6.07, 6.45) is 4.64. The van der Waals surface area contributed by atoms with Crippen LogP contribution < -0.4 is 0 Å². The van der Waals surface area contributed by atoms with E-state index in [1.54, 1.807) is 6.92 Å². The first-order valence-electron chi connectivity index (χ1n) is 5.23. The lowest BCUT2D eigenvalue weighted by Crippen LogP contribution is -2.34. The molecule has 0 unspecified atom stereocenters. The van der Waals surface area contributed by atoms with Crippen molar-refractivity contribution in [3.8, 4) is 0 Å². The molecule has 0 heterocycles. The minimum absolute atomic E-state index is 0.0157. The van der Waals surface area contributed by atoms with Crippen molar-refractivity contribution in [3.05, 3.63) is 12.2 Å². The number of hydrogen-bond donors (Lipinski definition) is 1. The maximum atomic E-state index is 11.6. The Balaban J connectivity index is 2.19. The smallest absolute Gasteiger partial charge is 0.310 e. The van der Waals surface area contributed by atoms with Gasteiger partial charge in [-0.2, -0.15) is 0 Å². The number of hydrogen-bond acceptors (Lipinski definition) is 3. The molecule has 15 heavy (non-hydrogen) atoms. The molecule has 2 aliphatic carbocycles. The van der Waals surface area contributed by atoms with Crippen molar-refractivity contribution < 1.29 is 19.4 Å². The molecule has 0 spiro atoms. The highest BCUT2D eigenvalue weighted by Gasteiger charge is 2.52. The van der Waals surface area contributed by atoms with Crippen molar-refractivity contribution in [2.24, 2.45) is 23.7 Å². The quantitative estimate of drug-likeness (QED) is 0.559. The monoisotopic (exact) mass is 210 g/mol. The maximum absolute atomic E-state index is 11.6. The van der Waals surface area contributed by atoms with Gasteiger partial charge in [-0.1, -0.05) is 12.2 Å². The molecular formula is C11H14O4. The van der Waals surface area contributed by atoms with Crippen molar-refractivity contribution in [1.82, 2.24) is 0 Å². The fourth-order valence-electron chi connectivity index (χ4n) is 2.72. The van der Waals surface area contributed by atoms with Gasteiger partial charge in [0.1, 0.15) is 0 Å². The van der Waals surface area contributed by atoms with E-state index in [1.165, 1.54) is 0 Å². The number of carbonyl (C=O) groups excluding carboxylic acids is 1. The van der Waals surface area contributed by atoms with Crippen LogP contribution in [0.25, 0.3) is 0 Å². The molecule has 0 aromatic rings. The van der Waals surface area contributed by atoms with Crippen LogP contribution in [0.15, 0.2) is 12.2 Å². The topological polar surface area (TPSA) is 63.6 Å². The van der Waals surface area contributed by atoms with Gasteiger partial charge < -0.3 is 9.84 Å². The van der Waals surface area contributed by atoms with E-state index in [2.05, 4.69) is 0 Å². The number of carbonyl (C=O) groups is 2. The molecule has 1 fully saturated rings. The van der Waals surface area contributed by atoms with Gasteiger partial charge in [-0.05, 0) is 25.2 Å². The Morgan fingerprint density at radius 3 is 2.47 bits per heavy atom. The Hall–Kier alpha value is -1.32. The van der Waals surface area contributed by atoms with Gasteiger partial charge in [-0.3, -0.25) is 9.59 Å². The normalized spacial score (nSPS) is 36.9.